The van der Waals surface area contributed by atoms with Gasteiger partial charge in [0.25, 0.3) is 0 Å². The fourth-order valence-corrected chi connectivity index (χ4v) is 14.0. The number of para-hydroxylation sites is 1. The van der Waals surface area contributed by atoms with Gasteiger partial charge in [-0.3, -0.25) is 10.4 Å². The van der Waals surface area contributed by atoms with Gasteiger partial charge < -0.3 is 9.88 Å². The number of aliphatic imine (C=N–C) groups is 1. The minimum Gasteiger partial charge on any atom is -0.345 e. The van der Waals surface area contributed by atoms with E-state index in [0.29, 0.717) is 5.84 Å². The molecule has 1 heterocycles. The summed E-state index contributed by atoms with van der Waals surface area (Å²) in [7, 11) is -1.79. The van der Waals surface area contributed by atoms with E-state index in [4.69, 9.17) is 4.99 Å². The van der Waals surface area contributed by atoms with Crippen LogP contribution in [0.15, 0.2) is 266 Å². The highest BCUT2D eigenvalue weighted by Gasteiger charge is 2.47. The monoisotopic (exact) mass is 900 g/mol. The number of amidine groups is 1. The number of benzene rings is 10. The standard InChI is InChI=1S/C64H48N4Si/c65-62(47-25-21-35-53(43-47)69(51-31-12-4-13-32-51)52-33-14-5-15-34-52)67-63(46-23-6-1-7-24-46)66-44-45-22-20-30-50(42-45)68-58-39-19-17-37-55(58)61-59(68)41-40-57-60(61)54-36-16-18-38-56(54)64(57,48-26-8-2-9-27-48)49-28-10-3-11-29-49/h1-44,63,69H,(H2,65,67)/b66-44+. The number of nitrogens with zero attached hydrogens (tertiary/aromatic N) is 2. The smallest absolute Gasteiger partial charge is 0.145 e. The Morgan fingerprint density at radius 1 is 0.507 bits per heavy atom. The Bertz CT molecular complexity index is 3580. The average molecular weight is 901 g/mol. The summed E-state index contributed by atoms with van der Waals surface area (Å²) in [6, 6.07) is 93.6. The van der Waals surface area contributed by atoms with Crippen molar-refractivity contribution in [1.29, 1.82) is 5.41 Å². The first-order chi connectivity index (χ1) is 34.2. The van der Waals surface area contributed by atoms with E-state index in [2.05, 4.69) is 246 Å². The van der Waals surface area contributed by atoms with Crippen molar-refractivity contribution in [2.45, 2.75) is 11.6 Å². The number of rotatable bonds is 11. The molecule has 1 aliphatic rings. The van der Waals surface area contributed by atoms with Gasteiger partial charge in [0.05, 0.1) is 16.4 Å². The lowest BCUT2D eigenvalue weighted by Crippen LogP contribution is -2.52. The Labute approximate surface area is 404 Å². The van der Waals surface area contributed by atoms with E-state index in [-0.39, 0.29) is 0 Å². The van der Waals surface area contributed by atoms with Crippen LogP contribution >= 0.6 is 0 Å². The molecule has 0 saturated carbocycles. The molecule has 328 valence electrons. The summed E-state index contributed by atoms with van der Waals surface area (Å²) in [5, 5.41) is 19.4. The summed E-state index contributed by atoms with van der Waals surface area (Å²) < 4.78 is 2.41. The molecule has 11 aromatic rings. The predicted molar refractivity (Wildman–Crippen MR) is 290 cm³/mol. The molecule has 5 heteroatoms. The summed E-state index contributed by atoms with van der Waals surface area (Å²) >= 11 is 0. The van der Waals surface area contributed by atoms with Crippen molar-refractivity contribution < 1.29 is 0 Å². The quantitative estimate of drug-likeness (QED) is 0.0578. The highest BCUT2D eigenvalue weighted by Crippen LogP contribution is 2.58. The molecule has 0 aliphatic heterocycles. The van der Waals surface area contributed by atoms with Crippen LogP contribution in [0.25, 0.3) is 38.6 Å². The SMILES string of the molecule is N=C(NC(/N=C/c1cccc(-n2c3ccccc3c3c4c(ccc32)C(c2ccccc2)(c2ccccc2)c2ccccc2-4)c1)c1ccccc1)c1cccc([SiH](c2ccccc2)c2ccccc2)c1. The van der Waals surface area contributed by atoms with Crippen LogP contribution in [0.1, 0.15) is 45.1 Å². The predicted octanol–water partition coefficient (Wildman–Crippen LogP) is 12.1. The zero-order valence-electron chi connectivity index (χ0n) is 38.0. The van der Waals surface area contributed by atoms with Crippen LogP contribution in [0.2, 0.25) is 0 Å². The van der Waals surface area contributed by atoms with Crippen LogP contribution in [0, 0.1) is 5.41 Å². The van der Waals surface area contributed by atoms with Gasteiger partial charge in [-0.15, -0.1) is 0 Å². The van der Waals surface area contributed by atoms with Crippen LogP contribution in [0.4, 0.5) is 0 Å². The van der Waals surface area contributed by atoms with Gasteiger partial charge in [-0.25, -0.2) is 0 Å². The lowest BCUT2D eigenvalue weighted by molar-refractivity contribution is 0.685. The van der Waals surface area contributed by atoms with E-state index in [1.54, 1.807) is 0 Å². The lowest BCUT2D eigenvalue weighted by Gasteiger charge is -2.33. The van der Waals surface area contributed by atoms with Gasteiger partial charge in [-0.2, -0.15) is 0 Å². The molecule has 12 rings (SSSR count). The Morgan fingerprint density at radius 2 is 1.09 bits per heavy atom. The Kier molecular flexibility index (Phi) is 10.8. The Balaban J connectivity index is 0.929. The zero-order chi connectivity index (χ0) is 46.2. The van der Waals surface area contributed by atoms with Crippen molar-refractivity contribution in [3.8, 4) is 16.8 Å². The third-order valence-electron chi connectivity index (χ3n) is 13.9. The minimum atomic E-state index is -1.79. The first-order valence-electron chi connectivity index (χ1n) is 23.7. The molecule has 2 N–H and O–H groups in total. The van der Waals surface area contributed by atoms with Gasteiger partial charge in [-0.05, 0) is 68.8 Å². The average Bonchev–Trinajstić information content (AvgIpc) is 3.92. The van der Waals surface area contributed by atoms with E-state index in [1.165, 1.54) is 59.7 Å². The molecule has 1 atom stereocenters. The van der Waals surface area contributed by atoms with Crippen LogP contribution < -0.4 is 20.9 Å². The van der Waals surface area contributed by atoms with E-state index in [1.807, 2.05) is 30.5 Å². The number of nitrogens with one attached hydrogen (secondary N) is 2. The van der Waals surface area contributed by atoms with Gasteiger partial charge in [0.1, 0.15) is 20.8 Å². The second-order valence-electron chi connectivity index (χ2n) is 17.8. The lowest BCUT2D eigenvalue weighted by atomic mass is 9.67. The summed E-state index contributed by atoms with van der Waals surface area (Å²) in [6.07, 6.45) is 1.45. The van der Waals surface area contributed by atoms with Crippen molar-refractivity contribution in [1.82, 2.24) is 9.88 Å². The van der Waals surface area contributed by atoms with E-state index in [0.717, 1.165) is 33.4 Å². The van der Waals surface area contributed by atoms with E-state index in [9.17, 15) is 5.41 Å². The maximum Gasteiger partial charge on any atom is 0.145 e. The van der Waals surface area contributed by atoms with Crippen LogP contribution in [0.3, 0.4) is 0 Å². The number of hydrogen-bond donors (Lipinski definition) is 2. The van der Waals surface area contributed by atoms with Crippen LogP contribution in [-0.2, 0) is 5.41 Å². The second-order valence-corrected chi connectivity index (χ2v) is 20.7. The fourth-order valence-electron chi connectivity index (χ4n) is 11.0. The highest BCUT2D eigenvalue weighted by molar-refractivity contribution is 6.95. The van der Waals surface area contributed by atoms with Crippen LogP contribution in [-0.4, -0.2) is 25.4 Å². The zero-order valence-corrected chi connectivity index (χ0v) is 39.1. The number of fused-ring (bicyclic) bond motifs is 7. The number of aromatic nitrogens is 1. The van der Waals surface area contributed by atoms with Crippen molar-refractivity contribution in [2.75, 3.05) is 0 Å². The van der Waals surface area contributed by atoms with Crippen molar-refractivity contribution in [2.24, 2.45) is 4.99 Å². The maximum atomic E-state index is 9.47. The van der Waals surface area contributed by atoms with E-state index < -0.39 is 20.4 Å². The molecular formula is C64H48N4Si. The Hall–Kier alpha value is -8.64. The molecule has 4 nitrogen and oxygen atoms in total. The van der Waals surface area contributed by atoms with Gasteiger partial charge in [0.2, 0.25) is 0 Å². The summed E-state index contributed by atoms with van der Waals surface area (Å²) in [5.41, 5.74) is 13.3. The normalized spacial score (nSPS) is 13.1. The molecular weight excluding hydrogens is 853 g/mol. The molecule has 1 unspecified atom stereocenters. The molecule has 0 spiro atoms. The highest BCUT2D eigenvalue weighted by atomic mass is 28.3. The minimum absolute atomic E-state index is 0.327. The summed E-state index contributed by atoms with van der Waals surface area (Å²) in [4.78, 5) is 5.20. The molecule has 0 radical (unpaired) electrons. The first-order valence-corrected chi connectivity index (χ1v) is 25.4. The molecule has 0 bridgehead atoms. The topological polar surface area (TPSA) is 53.2 Å². The molecule has 1 aromatic heterocycles. The van der Waals surface area contributed by atoms with E-state index >= 15 is 0 Å². The molecule has 0 amide bonds. The van der Waals surface area contributed by atoms with Crippen molar-refractivity contribution in [3.05, 3.63) is 300 Å². The molecule has 0 saturated heterocycles. The van der Waals surface area contributed by atoms with Gasteiger partial charge in [0, 0.05) is 28.2 Å². The largest absolute Gasteiger partial charge is 0.345 e. The summed E-state index contributed by atoms with van der Waals surface area (Å²) in [5.74, 6) is 0.327. The van der Waals surface area contributed by atoms with Gasteiger partial charge in [-0.1, -0.05) is 252 Å². The third kappa shape index (κ3) is 7.32. The van der Waals surface area contributed by atoms with Crippen molar-refractivity contribution in [3.63, 3.8) is 0 Å². The maximum absolute atomic E-state index is 9.47. The number of hydrogen-bond acceptors (Lipinski definition) is 2. The summed E-state index contributed by atoms with van der Waals surface area (Å²) in [6.45, 7) is 0. The van der Waals surface area contributed by atoms with Crippen molar-refractivity contribution >= 4 is 58.2 Å². The molecule has 0 fully saturated rings. The second kappa shape index (κ2) is 17.9. The first kappa shape index (κ1) is 41.8. The third-order valence-corrected chi connectivity index (χ3v) is 17.1. The molecule has 1 aliphatic carbocycles. The molecule has 10 aromatic carbocycles. The fraction of sp³-hybridized carbons (Fsp3) is 0.0312. The van der Waals surface area contributed by atoms with Gasteiger partial charge in [0.15, 0.2) is 0 Å². The van der Waals surface area contributed by atoms with Gasteiger partial charge >= 0.3 is 0 Å². The molecule has 69 heavy (non-hydrogen) atoms. The Morgan fingerprint density at radius 3 is 1.78 bits per heavy atom. The van der Waals surface area contributed by atoms with Crippen LogP contribution in [0.5, 0.6) is 0 Å².